The lowest BCUT2D eigenvalue weighted by Crippen LogP contribution is -2.41. The van der Waals surface area contributed by atoms with E-state index in [-0.39, 0.29) is 18.3 Å². The van der Waals surface area contributed by atoms with E-state index in [1.54, 1.807) is 0 Å². The second kappa shape index (κ2) is 7.18. The van der Waals surface area contributed by atoms with Crippen molar-refractivity contribution in [3.8, 4) is 11.1 Å². The molecule has 1 saturated heterocycles. The Labute approximate surface area is 195 Å². The van der Waals surface area contributed by atoms with Gasteiger partial charge in [0.2, 0.25) is 0 Å². The molecular formula is C30H27BO2. The van der Waals surface area contributed by atoms with Crippen LogP contribution in [0.1, 0.15) is 27.7 Å². The van der Waals surface area contributed by atoms with Crippen LogP contribution in [0.4, 0.5) is 0 Å². The minimum atomic E-state index is -0.375. The number of hydrogen-bond donors (Lipinski definition) is 0. The summed E-state index contributed by atoms with van der Waals surface area (Å²) in [7, 11) is -0.375. The zero-order chi connectivity index (χ0) is 22.8. The van der Waals surface area contributed by atoms with Crippen molar-refractivity contribution in [1.82, 2.24) is 0 Å². The Balaban J connectivity index is 1.52. The van der Waals surface area contributed by atoms with Crippen molar-refractivity contribution in [2.24, 2.45) is 0 Å². The van der Waals surface area contributed by atoms with Gasteiger partial charge in [-0.15, -0.1) is 0 Å². The molecule has 0 spiro atoms. The summed E-state index contributed by atoms with van der Waals surface area (Å²) in [6.07, 6.45) is 0. The van der Waals surface area contributed by atoms with Crippen LogP contribution in [-0.2, 0) is 9.31 Å². The van der Waals surface area contributed by atoms with Gasteiger partial charge in [-0.05, 0) is 82.7 Å². The highest BCUT2D eigenvalue weighted by Crippen LogP contribution is 2.38. The van der Waals surface area contributed by atoms with Crippen LogP contribution < -0.4 is 5.46 Å². The fraction of sp³-hybridized carbons (Fsp3) is 0.200. The van der Waals surface area contributed by atoms with Gasteiger partial charge in [-0.2, -0.15) is 0 Å². The van der Waals surface area contributed by atoms with Crippen LogP contribution in [-0.4, -0.2) is 18.3 Å². The fourth-order valence-corrected chi connectivity index (χ4v) is 4.93. The average molecular weight is 430 g/mol. The highest BCUT2D eigenvalue weighted by Gasteiger charge is 2.52. The topological polar surface area (TPSA) is 18.5 Å². The Morgan fingerprint density at radius 1 is 0.545 bits per heavy atom. The average Bonchev–Trinajstić information content (AvgIpc) is 3.04. The molecule has 0 saturated carbocycles. The summed E-state index contributed by atoms with van der Waals surface area (Å²) < 4.78 is 12.8. The van der Waals surface area contributed by atoms with Crippen molar-refractivity contribution in [3.05, 3.63) is 91.0 Å². The highest BCUT2D eigenvalue weighted by atomic mass is 16.7. The van der Waals surface area contributed by atoms with Crippen molar-refractivity contribution in [2.75, 3.05) is 0 Å². The smallest absolute Gasteiger partial charge is 0.399 e. The quantitative estimate of drug-likeness (QED) is 0.219. The second-order valence-corrected chi connectivity index (χ2v) is 10.1. The molecular weight excluding hydrogens is 403 g/mol. The highest BCUT2D eigenvalue weighted by molar-refractivity contribution is 6.65. The van der Waals surface area contributed by atoms with E-state index in [0.29, 0.717) is 0 Å². The maximum atomic E-state index is 6.38. The Bertz CT molecular complexity index is 1520. The van der Waals surface area contributed by atoms with Crippen LogP contribution in [0.25, 0.3) is 43.4 Å². The van der Waals surface area contributed by atoms with Gasteiger partial charge in [0.05, 0.1) is 11.2 Å². The van der Waals surface area contributed by atoms with Crippen molar-refractivity contribution in [1.29, 1.82) is 0 Å². The minimum Gasteiger partial charge on any atom is -0.399 e. The number of fused-ring (bicyclic) bond motifs is 4. The molecule has 1 heterocycles. The predicted octanol–water partition coefficient (Wildman–Crippen LogP) is 7.11. The lowest BCUT2D eigenvalue weighted by Gasteiger charge is -2.32. The molecule has 1 aliphatic rings. The van der Waals surface area contributed by atoms with Gasteiger partial charge in [0, 0.05) is 0 Å². The predicted molar refractivity (Wildman–Crippen MR) is 140 cm³/mol. The molecule has 0 N–H and O–H groups in total. The van der Waals surface area contributed by atoms with Gasteiger partial charge in [-0.1, -0.05) is 84.9 Å². The summed E-state index contributed by atoms with van der Waals surface area (Å²) in [5, 5.41) is 7.43. The molecule has 0 aliphatic carbocycles. The lowest BCUT2D eigenvalue weighted by atomic mass is 9.75. The maximum Gasteiger partial charge on any atom is 0.495 e. The Morgan fingerprint density at radius 2 is 1.18 bits per heavy atom. The van der Waals surface area contributed by atoms with Gasteiger partial charge in [-0.25, -0.2) is 0 Å². The summed E-state index contributed by atoms with van der Waals surface area (Å²) in [5.41, 5.74) is 2.85. The second-order valence-electron chi connectivity index (χ2n) is 10.1. The zero-order valence-corrected chi connectivity index (χ0v) is 19.6. The summed E-state index contributed by atoms with van der Waals surface area (Å²) in [6.45, 7) is 8.40. The molecule has 1 aliphatic heterocycles. The Morgan fingerprint density at radius 3 is 1.94 bits per heavy atom. The first-order valence-electron chi connectivity index (χ1n) is 11.6. The first-order valence-corrected chi connectivity index (χ1v) is 11.6. The monoisotopic (exact) mass is 430 g/mol. The van der Waals surface area contributed by atoms with E-state index in [1.165, 1.54) is 43.4 Å². The fourth-order valence-electron chi connectivity index (χ4n) is 4.93. The third-order valence-corrected chi connectivity index (χ3v) is 7.52. The van der Waals surface area contributed by atoms with E-state index in [9.17, 15) is 0 Å². The number of benzene rings is 5. The zero-order valence-electron chi connectivity index (χ0n) is 19.6. The van der Waals surface area contributed by atoms with E-state index in [1.807, 2.05) is 0 Å². The van der Waals surface area contributed by atoms with Crippen LogP contribution in [0.3, 0.4) is 0 Å². The van der Waals surface area contributed by atoms with E-state index in [2.05, 4.69) is 119 Å². The molecule has 5 aromatic rings. The molecule has 0 bridgehead atoms. The molecule has 1 fully saturated rings. The van der Waals surface area contributed by atoms with E-state index in [4.69, 9.17) is 9.31 Å². The van der Waals surface area contributed by atoms with Gasteiger partial charge in [0.15, 0.2) is 0 Å². The van der Waals surface area contributed by atoms with Crippen molar-refractivity contribution in [3.63, 3.8) is 0 Å². The van der Waals surface area contributed by atoms with Gasteiger partial charge in [-0.3, -0.25) is 0 Å². The largest absolute Gasteiger partial charge is 0.495 e. The molecule has 5 aromatic carbocycles. The first-order chi connectivity index (χ1) is 15.8. The molecule has 3 heteroatoms. The molecule has 2 nitrogen and oxygen atoms in total. The summed E-state index contributed by atoms with van der Waals surface area (Å²) in [5.74, 6) is 0. The van der Waals surface area contributed by atoms with E-state index >= 15 is 0 Å². The van der Waals surface area contributed by atoms with Crippen molar-refractivity contribution < 1.29 is 9.31 Å². The first kappa shape index (κ1) is 20.5. The molecule has 0 amide bonds. The lowest BCUT2D eigenvalue weighted by molar-refractivity contribution is 0.00578. The Kier molecular flexibility index (Phi) is 4.45. The minimum absolute atomic E-state index is 0.361. The molecule has 6 rings (SSSR count). The third kappa shape index (κ3) is 3.19. The van der Waals surface area contributed by atoms with Crippen LogP contribution >= 0.6 is 0 Å². The third-order valence-electron chi connectivity index (χ3n) is 7.52. The van der Waals surface area contributed by atoms with Gasteiger partial charge >= 0.3 is 7.12 Å². The number of hydrogen-bond acceptors (Lipinski definition) is 2. The van der Waals surface area contributed by atoms with Crippen molar-refractivity contribution in [2.45, 2.75) is 38.9 Å². The summed E-state index contributed by atoms with van der Waals surface area (Å²) in [4.78, 5) is 0. The molecule has 0 radical (unpaired) electrons. The van der Waals surface area contributed by atoms with Crippen LogP contribution in [0.2, 0.25) is 0 Å². The molecule has 0 aromatic heterocycles. The number of rotatable bonds is 2. The molecule has 0 atom stereocenters. The van der Waals surface area contributed by atoms with Crippen molar-refractivity contribution >= 4 is 44.9 Å². The molecule has 162 valence electrons. The normalized spacial score (nSPS) is 17.3. The van der Waals surface area contributed by atoms with E-state index in [0.717, 1.165) is 5.46 Å². The molecule has 33 heavy (non-hydrogen) atoms. The van der Waals surface area contributed by atoms with E-state index < -0.39 is 0 Å². The maximum absolute atomic E-state index is 6.38. The van der Waals surface area contributed by atoms with Crippen LogP contribution in [0, 0.1) is 0 Å². The van der Waals surface area contributed by atoms with Crippen LogP contribution in [0.5, 0.6) is 0 Å². The van der Waals surface area contributed by atoms with Crippen LogP contribution in [0.15, 0.2) is 91.0 Å². The summed E-state index contributed by atoms with van der Waals surface area (Å²) in [6, 6.07) is 32.8. The Hall–Kier alpha value is -3.14. The summed E-state index contributed by atoms with van der Waals surface area (Å²) >= 11 is 0. The SMILES string of the molecule is CC1(C)OB(c2cccc3c2ccc2c(-c4ccc5ccccc5c4)cccc23)OC1(C)C. The van der Waals surface area contributed by atoms with Gasteiger partial charge < -0.3 is 9.31 Å². The molecule has 0 unspecified atom stereocenters. The van der Waals surface area contributed by atoms with Gasteiger partial charge in [0.1, 0.15) is 0 Å². The van der Waals surface area contributed by atoms with Gasteiger partial charge in [0.25, 0.3) is 0 Å². The standard InChI is InChI=1S/C30H27BO2/c1-29(2)30(3,4)33-31(32-29)28-14-8-13-25-24-12-7-11-23(26(24)17-18-27(25)28)22-16-15-20-9-5-6-10-21(20)19-22/h5-19H,1-4H3.